The third-order valence-corrected chi connectivity index (χ3v) is 7.77. The van der Waals surface area contributed by atoms with Crippen LogP contribution in [-0.4, -0.2) is 68.5 Å². The lowest BCUT2D eigenvalue weighted by Crippen LogP contribution is -2.51. The number of piperazine rings is 1. The first-order valence-corrected chi connectivity index (χ1v) is 13.9. The van der Waals surface area contributed by atoms with Crippen molar-refractivity contribution in [1.82, 2.24) is 24.6 Å². The van der Waals surface area contributed by atoms with Crippen LogP contribution in [0.5, 0.6) is 0 Å². The van der Waals surface area contributed by atoms with Crippen LogP contribution >= 0.6 is 11.3 Å². The van der Waals surface area contributed by atoms with Gasteiger partial charge >= 0.3 is 0 Å². The molecular formula is C30H25FN6O3S. The van der Waals surface area contributed by atoms with E-state index in [1.165, 1.54) is 23.5 Å². The molecule has 2 aromatic heterocycles. The van der Waals surface area contributed by atoms with Crippen LogP contribution in [0.3, 0.4) is 0 Å². The third-order valence-electron chi connectivity index (χ3n) is 6.88. The molecule has 206 valence electrons. The second kappa shape index (κ2) is 11.3. The van der Waals surface area contributed by atoms with Gasteiger partial charge in [-0.2, -0.15) is 5.10 Å². The fraction of sp³-hybridized carbons (Fsp3) is 0.167. The van der Waals surface area contributed by atoms with Crippen molar-refractivity contribution in [2.75, 3.05) is 31.5 Å². The highest BCUT2D eigenvalue weighted by Gasteiger charge is 2.25. The van der Waals surface area contributed by atoms with Crippen molar-refractivity contribution in [3.63, 3.8) is 0 Å². The Morgan fingerprint density at radius 2 is 1.63 bits per heavy atom. The molecule has 1 fully saturated rings. The Balaban J connectivity index is 1.05. The molecule has 3 amide bonds. The predicted octanol–water partition coefficient (Wildman–Crippen LogP) is 4.54. The largest absolute Gasteiger partial charge is 0.338 e. The second-order valence-electron chi connectivity index (χ2n) is 9.64. The molecule has 0 radical (unpaired) electrons. The Morgan fingerprint density at radius 3 is 2.39 bits per heavy atom. The monoisotopic (exact) mass is 568 g/mol. The number of nitrogens with zero attached hydrogens (tertiary/aromatic N) is 5. The van der Waals surface area contributed by atoms with E-state index in [1.54, 1.807) is 68.5 Å². The zero-order valence-corrected chi connectivity index (χ0v) is 22.7. The van der Waals surface area contributed by atoms with Gasteiger partial charge in [0.25, 0.3) is 11.8 Å². The predicted molar refractivity (Wildman–Crippen MR) is 154 cm³/mol. The van der Waals surface area contributed by atoms with Crippen LogP contribution in [0.25, 0.3) is 21.5 Å². The number of carbonyl (C=O) groups excluding carboxylic acids is 3. The summed E-state index contributed by atoms with van der Waals surface area (Å²) < 4.78 is 14.8. The summed E-state index contributed by atoms with van der Waals surface area (Å²) >= 11 is 1.31. The van der Waals surface area contributed by atoms with Gasteiger partial charge in [-0.25, -0.2) is 9.37 Å². The molecule has 5 aromatic rings. The molecule has 0 bridgehead atoms. The molecule has 3 aromatic carbocycles. The number of anilines is 1. The molecule has 41 heavy (non-hydrogen) atoms. The van der Waals surface area contributed by atoms with Crippen LogP contribution in [0.4, 0.5) is 10.1 Å². The van der Waals surface area contributed by atoms with Gasteiger partial charge in [0.1, 0.15) is 23.1 Å². The highest BCUT2D eigenvalue weighted by Crippen LogP contribution is 2.25. The number of thiazole rings is 1. The molecule has 1 aliphatic heterocycles. The average Bonchev–Trinajstić information content (AvgIpc) is 3.65. The number of nitrogens with one attached hydrogen (secondary N) is 1. The van der Waals surface area contributed by atoms with E-state index in [0.29, 0.717) is 48.0 Å². The van der Waals surface area contributed by atoms with Crippen molar-refractivity contribution in [2.24, 2.45) is 0 Å². The van der Waals surface area contributed by atoms with E-state index in [2.05, 4.69) is 15.4 Å². The third kappa shape index (κ3) is 5.85. The van der Waals surface area contributed by atoms with E-state index >= 15 is 0 Å². The summed E-state index contributed by atoms with van der Waals surface area (Å²) in [6.45, 7) is 1.97. The molecular weight excluding hydrogens is 543 g/mol. The maximum atomic E-state index is 13.2. The summed E-state index contributed by atoms with van der Waals surface area (Å²) in [7, 11) is 0. The summed E-state index contributed by atoms with van der Waals surface area (Å²) in [5.41, 5.74) is 2.92. The van der Waals surface area contributed by atoms with Crippen molar-refractivity contribution in [2.45, 2.75) is 6.54 Å². The number of fused-ring (bicyclic) bond motifs is 1. The lowest BCUT2D eigenvalue weighted by atomic mass is 10.2. The first-order valence-electron chi connectivity index (χ1n) is 13.0. The SMILES string of the molecule is O=C(Nc1ccc2nn(CC(=O)N3CCN(C(=O)c4ccccc4)CC3)cc2c1)c1csc(-c2ccc(F)cc2)n1. The Hall–Kier alpha value is -4.90. The van der Waals surface area contributed by atoms with Crippen molar-refractivity contribution < 1.29 is 18.8 Å². The van der Waals surface area contributed by atoms with Crippen LogP contribution in [-0.2, 0) is 11.3 Å². The molecule has 0 spiro atoms. The topological polar surface area (TPSA) is 100 Å². The maximum absolute atomic E-state index is 13.2. The Bertz CT molecular complexity index is 1730. The van der Waals surface area contributed by atoms with Gasteiger partial charge in [0.05, 0.1) is 5.52 Å². The minimum atomic E-state index is -0.360. The summed E-state index contributed by atoms with van der Waals surface area (Å²) in [5.74, 6) is -0.788. The molecule has 1 aliphatic rings. The zero-order valence-electron chi connectivity index (χ0n) is 21.9. The number of aromatic nitrogens is 3. The van der Waals surface area contributed by atoms with E-state index < -0.39 is 0 Å². The van der Waals surface area contributed by atoms with Gasteiger partial charge in [-0.1, -0.05) is 18.2 Å². The van der Waals surface area contributed by atoms with Crippen LogP contribution in [0.2, 0.25) is 0 Å². The number of carbonyl (C=O) groups is 3. The number of hydrogen-bond acceptors (Lipinski definition) is 6. The highest BCUT2D eigenvalue weighted by atomic mass is 32.1. The van der Waals surface area contributed by atoms with Gasteiger partial charge in [-0.05, 0) is 54.6 Å². The molecule has 3 heterocycles. The standard InChI is InChI=1S/C30H25FN6O3S/c31-23-8-6-20(7-9-23)29-33-26(19-41-29)28(39)32-24-10-11-25-22(16-24)17-37(34-25)18-27(38)35-12-14-36(15-13-35)30(40)21-4-2-1-3-5-21/h1-11,16-17,19H,12-15,18H2,(H,32,39). The Kier molecular flexibility index (Phi) is 7.26. The molecule has 0 atom stereocenters. The van der Waals surface area contributed by atoms with Crippen molar-refractivity contribution in [3.05, 3.63) is 101 Å². The fourth-order valence-corrected chi connectivity index (χ4v) is 5.50. The molecule has 11 heteroatoms. The molecule has 0 saturated carbocycles. The van der Waals surface area contributed by atoms with Gasteiger partial charge < -0.3 is 15.1 Å². The normalized spacial score (nSPS) is 13.4. The molecule has 0 unspecified atom stereocenters. The summed E-state index contributed by atoms with van der Waals surface area (Å²) in [4.78, 5) is 46.3. The van der Waals surface area contributed by atoms with Gasteiger partial charge in [-0.15, -0.1) is 11.3 Å². The van der Waals surface area contributed by atoms with Gasteiger partial charge in [0.15, 0.2) is 0 Å². The van der Waals surface area contributed by atoms with E-state index in [4.69, 9.17) is 0 Å². The van der Waals surface area contributed by atoms with Gasteiger partial charge in [0.2, 0.25) is 5.91 Å². The van der Waals surface area contributed by atoms with E-state index in [0.717, 1.165) is 10.9 Å². The lowest BCUT2D eigenvalue weighted by molar-refractivity contribution is -0.133. The van der Waals surface area contributed by atoms with Crippen LogP contribution in [0.1, 0.15) is 20.8 Å². The quantitative estimate of drug-likeness (QED) is 0.324. The van der Waals surface area contributed by atoms with Crippen LogP contribution in [0.15, 0.2) is 84.4 Å². The van der Waals surface area contributed by atoms with Gasteiger partial charge in [-0.3, -0.25) is 19.1 Å². The molecule has 6 rings (SSSR count). The number of amides is 3. The first kappa shape index (κ1) is 26.3. The van der Waals surface area contributed by atoms with Crippen molar-refractivity contribution >= 4 is 45.6 Å². The summed E-state index contributed by atoms with van der Waals surface area (Å²) in [5, 5.41) is 10.4. The highest BCUT2D eigenvalue weighted by molar-refractivity contribution is 7.13. The molecule has 1 N–H and O–H groups in total. The maximum Gasteiger partial charge on any atom is 0.275 e. The smallest absolute Gasteiger partial charge is 0.275 e. The number of hydrogen-bond donors (Lipinski definition) is 1. The fourth-order valence-electron chi connectivity index (χ4n) is 4.69. The number of benzene rings is 3. The van der Waals surface area contributed by atoms with Crippen LogP contribution < -0.4 is 5.32 Å². The first-order chi connectivity index (χ1) is 19.9. The molecule has 9 nitrogen and oxygen atoms in total. The molecule has 1 saturated heterocycles. The van der Waals surface area contributed by atoms with Crippen molar-refractivity contribution in [1.29, 1.82) is 0 Å². The van der Waals surface area contributed by atoms with E-state index in [9.17, 15) is 18.8 Å². The number of rotatable bonds is 6. The second-order valence-corrected chi connectivity index (χ2v) is 10.5. The van der Waals surface area contributed by atoms with E-state index in [-0.39, 0.29) is 35.8 Å². The summed E-state index contributed by atoms with van der Waals surface area (Å²) in [6.07, 6.45) is 1.77. The van der Waals surface area contributed by atoms with Crippen LogP contribution in [0, 0.1) is 5.82 Å². The average molecular weight is 569 g/mol. The lowest BCUT2D eigenvalue weighted by Gasteiger charge is -2.34. The van der Waals surface area contributed by atoms with Crippen molar-refractivity contribution in [3.8, 4) is 10.6 Å². The minimum Gasteiger partial charge on any atom is -0.338 e. The minimum absolute atomic E-state index is 0.0259. The summed E-state index contributed by atoms with van der Waals surface area (Å²) in [6, 6.07) is 20.4. The Morgan fingerprint density at radius 1 is 0.902 bits per heavy atom. The van der Waals surface area contributed by atoms with Gasteiger partial charge in [0, 0.05) is 60.0 Å². The Labute approximate surface area is 238 Å². The molecule has 0 aliphatic carbocycles. The number of halogens is 1. The van der Waals surface area contributed by atoms with E-state index in [1.807, 2.05) is 18.2 Å². The zero-order chi connectivity index (χ0) is 28.3.